The zero-order valence-corrected chi connectivity index (χ0v) is 14.3. The van der Waals surface area contributed by atoms with Crippen LogP contribution in [0.1, 0.15) is 71.6 Å². The maximum absolute atomic E-state index is 12.6. The van der Waals surface area contributed by atoms with E-state index in [1.165, 1.54) is 0 Å². The van der Waals surface area contributed by atoms with Crippen molar-refractivity contribution in [3.8, 4) is 0 Å². The van der Waals surface area contributed by atoms with E-state index in [9.17, 15) is 14.4 Å². The van der Waals surface area contributed by atoms with Crippen molar-refractivity contribution >= 4 is 17.8 Å². The minimum absolute atomic E-state index is 0.0680. The summed E-state index contributed by atoms with van der Waals surface area (Å²) in [6, 6.07) is -0.357. The summed E-state index contributed by atoms with van der Waals surface area (Å²) in [4.78, 5) is 37.9. The number of nitrogens with one attached hydrogen (secondary N) is 2. The Hall–Kier alpha value is -1.59. The molecule has 1 saturated carbocycles. The van der Waals surface area contributed by atoms with Crippen molar-refractivity contribution in [2.24, 2.45) is 0 Å². The molecule has 1 aliphatic heterocycles. The smallest absolute Gasteiger partial charge is 0.325 e. The van der Waals surface area contributed by atoms with Gasteiger partial charge < -0.3 is 10.6 Å². The Bertz CT molecular complexity index is 458. The summed E-state index contributed by atoms with van der Waals surface area (Å²) in [5.74, 6) is -0.485. The predicted octanol–water partition coefficient (Wildman–Crippen LogP) is 2.33. The Balaban J connectivity index is 1.85. The van der Waals surface area contributed by atoms with E-state index < -0.39 is 11.6 Å². The average Bonchev–Trinajstić information content (AvgIpc) is 2.72. The van der Waals surface area contributed by atoms with Gasteiger partial charge in [-0.05, 0) is 26.2 Å². The third-order valence-electron chi connectivity index (χ3n) is 4.90. The molecule has 0 aromatic carbocycles. The molecule has 1 atom stereocenters. The van der Waals surface area contributed by atoms with Crippen molar-refractivity contribution in [1.82, 2.24) is 15.5 Å². The van der Waals surface area contributed by atoms with E-state index in [0.29, 0.717) is 12.8 Å². The standard InChI is InChI=1S/C17H29N3O3/c1-3-4-6-9-13(2)18-14(21)12-20-15(22)17(19-16(20)23)10-7-5-8-11-17/h13H,3-12H2,1-2H3,(H,18,21)(H,19,23)/t13-/m0/s1. The van der Waals surface area contributed by atoms with Gasteiger partial charge >= 0.3 is 6.03 Å². The molecule has 2 aliphatic rings. The SMILES string of the molecule is CCCCC[C@H](C)NC(=O)CN1C(=O)NC2(CCCCC2)C1=O. The first-order valence-electron chi connectivity index (χ1n) is 8.92. The Morgan fingerprint density at radius 1 is 1.26 bits per heavy atom. The van der Waals surface area contributed by atoms with E-state index in [4.69, 9.17) is 0 Å². The predicted molar refractivity (Wildman–Crippen MR) is 87.8 cm³/mol. The summed E-state index contributed by atoms with van der Waals surface area (Å²) in [5, 5.41) is 5.71. The zero-order chi connectivity index (χ0) is 16.9. The molecule has 6 heteroatoms. The van der Waals surface area contributed by atoms with Crippen molar-refractivity contribution in [1.29, 1.82) is 0 Å². The summed E-state index contributed by atoms with van der Waals surface area (Å²) in [6.45, 7) is 3.93. The number of carbonyl (C=O) groups excluding carboxylic acids is 3. The number of nitrogens with zero attached hydrogens (tertiary/aromatic N) is 1. The molecule has 1 saturated heterocycles. The molecule has 1 spiro atoms. The third-order valence-corrected chi connectivity index (χ3v) is 4.90. The van der Waals surface area contributed by atoms with Gasteiger partial charge in [0, 0.05) is 6.04 Å². The minimum atomic E-state index is -0.748. The molecule has 4 amide bonds. The molecular weight excluding hydrogens is 294 g/mol. The molecule has 1 aliphatic carbocycles. The number of carbonyl (C=O) groups is 3. The quantitative estimate of drug-likeness (QED) is 0.557. The lowest BCUT2D eigenvalue weighted by atomic mass is 9.82. The highest BCUT2D eigenvalue weighted by Gasteiger charge is 2.51. The maximum Gasteiger partial charge on any atom is 0.325 e. The van der Waals surface area contributed by atoms with E-state index in [1.807, 2.05) is 6.92 Å². The van der Waals surface area contributed by atoms with Gasteiger partial charge in [0.15, 0.2) is 0 Å². The number of rotatable bonds is 7. The van der Waals surface area contributed by atoms with E-state index >= 15 is 0 Å². The summed E-state index contributed by atoms with van der Waals surface area (Å²) in [7, 11) is 0. The Labute approximate surface area is 138 Å². The first-order chi connectivity index (χ1) is 11.0. The fourth-order valence-corrected chi connectivity index (χ4v) is 3.55. The molecule has 2 rings (SSSR count). The van der Waals surface area contributed by atoms with Gasteiger partial charge in [-0.2, -0.15) is 0 Å². The fourth-order valence-electron chi connectivity index (χ4n) is 3.55. The molecule has 2 fully saturated rings. The lowest BCUT2D eigenvalue weighted by Gasteiger charge is -2.30. The second-order valence-electron chi connectivity index (χ2n) is 6.93. The van der Waals surface area contributed by atoms with Gasteiger partial charge in [0.2, 0.25) is 5.91 Å². The second kappa shape index (κ2) is 7.79. The molecule has 2 N–H and O–H groups in total. The normalized spacial score (nSPS) is 21.4. The molecular formula is C17H29N3O3. The number of urea groups is 1. The van der Waals surface area contributed by atoms with Crippen LogP contribution in [0.15, 0.2) is 0 Å². The van der Waals surface area contributed by atoms with Crippen LogP contribution in [0.25, 0.3) is 0 Å². The number of imide groups is 1. The highest BCUT2D eigenvalue weighted by molar-refractivity contribution is 6.09. The van der Waals surface area contributed by atoms with Gasteiger partial charge in [0.1, 0.15) is 12.1 Å². The molecule has 0 radical (unpaired) electrons. The molecule has 0 aromatic rings. The Morgan fingerprint density at radius 3 is 2.61 bits per heavy atom. The Kier molecular flexibility index (Phi) is 6.02. The molecule has 0 aromatic heterocycles. The van der Waals surface area contributed by atoms with Crippen LogP contribution >= 0.6 is 0 Å². The first kappa shape index (κ1) is 17.8. The van der Waals surface area contributed by atoms with Gasteiger partial charge in [0.05, 0.1) is 0 Å². The van der Waals surface area contributed by atoms with Gasteiger partial charge in [-0.1, -0.05) is 45.4 Å². The van der Waals surface area contributed by atoms with Gasteiger partial charge in [-0.15, -0.1) is 0 Å². The van der Waals surface area contributed by atoms with Crippen molar-refractivity contribution in [2.75, 3.05) is 6.54 Å². The molecule has 0 bridgehead atoms. The van der Waals surface area contributed by atoms with Gasteiger partial charge in [-0.3, -0.25) is 14.5 Å². The largest absolute Gasteiger partial charge is 0.352 e. The van der Waals surface area contributed by atoms with E-state index in [1.54, 1.807) is 0 Å². The minimum Gasteiger partial charge on any atom is -0.352 e. The molecule has 130 valence electrons. The van der Waals surface area contributed by atoms with Crippen LogP contribution in [0, 0.1) is 0 Å². The lowest BCUT2D eigenvalue weighted by Crippen LogP contribution is -2.49. The summed E-state index contributed by atoms with van der Waals surface area (Å²) < 4.78 is 0. The van der Waals surface area contributed by atoms with Crippen molar-refractivity contribution in [2.45, 2.75) is 83.2 Å². The van der Waals surface area contributed by atoms with Crippen molar-refractivity contribution in [3.63, 3.8) is 0 Å². The van der Waals surface area contributed by atoms with Crippen LogP contribution in [0.4, 0.5) is 4.79 Å². The van der Waals surface area contributed by atoms with Crippen LogP contribution in [0.5, 0.6) is 0 Å². The van der Waals surface area contributed by atoms with Gasteiger partial charge in [-0.25, -0.2) is 4.79 Å². The summed E-state index contributed by atoms with van der Waals surface area (Å²) >= 11 is 0. The fraction of sp³-hybridized carbons (Fsp3) is 0.824. The third kappa shape index (κ3) is 4.24. The lowest BCUT2D eigenvalue weighted by molar-refractivity contribution is -0.136. The highest BCUT2D eigenvalue weighted by Crippen LogP contribution is 2.33. The number of amides is 4. The maximum atomic E-state index is 12.6. The van der Waals surface area contributed by atoms with Crippen LogP contribution in [0.2, 0.25) is 0 Å². The van der Waals surface area contributed by atoms with E-state index in [-0.39, 0.29) is 24.4 Å². The molecule has 1 heterocycles. The first-order valence-corrected chi connectivity index (χ1v) is 8.92. The topological polar surface area (TPSA) is 78.5 Å². The van der Waals surface area contributed by atoms with E-state index in [0.717, 1.165) is 49.8 Å². The molecule has 0 unspecified atom stereocenters. The summed E-state index contributed by atoms with van der Waals surface area (Å²) in [6.07, 6.45) is 8.64. The van der Waals surface area contributed by atoms with E-state index in [2.05, 4.69) is 17.6 Å². The van der Waals surface area contributed by atoms with Gasteiger partial charge in [0.25, 0.3) is 5.91 Å². The van der Waals surface area contributed by atoms with Crippen molar-refractivity contribution in [3.05, 3.63) is 0 Å². The van der Waals surface area contributed by atoms with Crippen LogP contribution in [-0.2, 0) is 9.59 Å². The number of unbranched alkanes of at least 4 members (excludes halogenated alkanes) is 2. The Morgan fingerprint density at radius 2 is 1.96 bits per heavy atom. The zero-order valence-electron chi connectivity index (χ0n) is 14.3. The number of hydrogen-bond acceptors (Lipinski definition) is 3. The van der Waals surface area contributed by atoms with Crippen molar-refractivity contribution < 1.29 is 14.4 Å². The molecule has 23 heavy (non-hydrogen) atoms. The number of hydrogen-bond donors (Lipinski definition) is 2. The van der Waals surface area contributed by atoms with Crippen LogP contribution < -0.4 is 10.6 Å². The average molecular weight is 323 g/mol. The van der Waals surface area contributed by atoms with Crippen LogP contribution in [0.3, 0.4) is 0 Å². The monoisotopic (exact) mass is 323 g/mol. The van der Waals surface area contributed by atoms with Crippen LogP contribution in [-0.4, -0.2) is 40.9 Å². The summed E-state index contributed by atoms with van der Waals surface area (Å²) in [5.41, 5.74) is -0.748. The molecule has 6 nitrogen and oxygen atoms in total. The highest BCUT2D eigenvalue weighted by atomic mass is 16.2. The second-order valence-corrected chi connectivity index (χ2v) is 6.93.